The van der Waals surface area contributed by atoms with E-state index in [1.54, 1.807) is 26.8 Å². The van der Waals surface area contributed by atoms with Crippen LogP contribution in [0.25, 0.3) is 0 Å². The molecule has 0 radical (unpaired) electrons. The van der Waals surface area contributed by atoms with Crippen molar-refractivity contribution in [2.24, 2.45) is 0 Å². The summed E-state index contributed by atoms with van der Waals surface area (Å²) in [6, 6.07) is 0. The predicted octanol–water partition coefficient (Wildman–Crippen LogP) is 0.761. The van der Waals surface area contributed by atoms with Gasteiger partial charge in [0.2, 0.25) is 0 Å². The summed E-state index contributed by atoms with van der Waals surface area (Å²) >= 11 is 0. The van der Waals surface area contributed by atoms with Crippen LogP contribution in [0.5, 0.6) is 0 Å². The maximum atomic E-state index is 11.6. The third-order valence-electron chi connectivity index (χ3n) is 2.87. The summed E-state index contributed by atoms with van der Waals surface area (Å²) in [5.74, 6) is -1.12. The SMILES string of the molecule is CCO[13C](=O)C1=C[C@H]2OC(C)(C)O[C@H]2[C@H](O)C1. The number of carbonyl (C=O) groups excluding carboxylic acids is 1. The molecule has 17 heavy (non-hydrogen) atoms. The van der Waals surface area contributed by atoms with E-state index in [9.17, 15) is 9.90 Å². The molecule has 0 bridgehead atoms. The van der Waals surface area contributed by atoms with Crippen LogP contribution in [0.1, 0.15) is 27.2 Å². The maximum Gasteiger partial charge on any atom is 0.333 e. The van der Waals surface area contributed by atoms with Crippen LogP contribution >= 0.6 is 0 Å². The monoisotopic (exact) mass is 243 g/mol. The first-order valence-corrected chi connectivity index (χ1v) is 5.84. The number of esters is 1. The zero-order valence-electron chi connectivity index (χ0n) is 10.3. The van der Waals surface area contributed by atoms with Crippen LogP contribution in [0.15, 0.2) is 11.6 Å². The van der Waals surface area contributed by atoms with Crippen LogP contribution in [0.3, 0.4) is 0 Å². The Labute approximate surface area is 100 Å². The van der Waals surface area contributed by atoms with Crippen molar-refractivity contribution in [3.8, 4) is 0 Å². The van der Waals surface area contributed by atoms with Crippen molar-refractivity contribution in [2.45, 2.75) is 51.3 Å². The Hall–Kier alpha value is -0.910. The number of ether oxygens (including phenoxy) is 3. The highest BCUT2D eigenvalue weighted by Crippen LogP contribution is 2.36. The van der Waals surface area contributed by atoms with E-state index in [4.69, 9.17) is 14.2 Å². The van der Waals surface area contributed by atoms with E-state index >= 15 is 0 Å². The first kappa shape index (κ1) is 12.5. The molecule has 1 aliphatic heterocycles. The molecule has 0 unspecified atom stereocenters. The standard InChI is InChI=1S/C12H18O5/c1-4-15-11(14)7-5-8(13)10-9(6-7)16-12(2,3)17-10/h6,8-10,13H,4-5H2,1-3H3/t8-,9-,10+/m1/s1/i11+1. The normalized spacial score (nSPS) is 35.1. The molecule has 2 aliphatic rings. The third-order valence-corrected chi connectivity index (χ3v) is 2.87. The molecule has 1 aliphatic carbocycles. The summed E-state index contributed by atoms with van der Waals surface area (Å²) in [6.07, 6.45) is 0.436. The van der Waals surface area contributed by atoms with E-state index in [1.165, 1.54) is 0 Å². The lowest BCUT2D eigenvalue weighted by atomic mass is 9.95. The van der Waals surface area contributed by atoms with E-state index in [1.807, 2.05) is 0 Å². The van der Waals surface area contributed by atoms with Crippen LogP contribution < -0.4 is 0 Å². The molecular weight excluding hydrogens is 225 g/mol. The summed E-state index contributed by atoms with van der Waals surface area (Å²) in [6.45, 7) is 5.65. The summed E-state index contributed by atoms with van der Waals surface area (Å²) in [4.78, 5) is 11.6. The Balaban J connectivity index is 2.15. The molecule has 2 rings (SSSR count). The molecule has 1 heterocycles. The third kappa shape index (κ3) is 2.51. The molecule has 0 aromatic heterocycles. The van der Waals surface area contributed by atoms with E-state index < -0.39 is 24.0 Å². The Bertz CT molecular complexity index is 347. The Morgan fingerprint density at radius 1 is 1.59 bits per heavy atom. The van der Waals surface area contributed by atoms with Crippen molar-refractivity contribution in [1.29, 1.82) is 0 Å². The van der Waals surface area contributed by atoms with Crippen molar-refractivity contribution >= 4 is 5.97 Å². The number of hydrogen-bond donors (Lipinski definition) is 1. The van der Waals surface area contributed by atoms with E-state index in [0.29, 0.717) is 12.2 Å². The minimum Gasteiger partial charge on any atom is -0.463 e. The number of carbonyl (C=O) groups is 1. The first-order chi connectivity index (χ1) is 7.93. The number of aliphatic hydroxyl groups excluding tert-OH is 1. The Morgan fingerprint density at radius 3 is 2.94 bits per heavy atom. The van der Waals surface area contributed by atoms with Crippen LogP contribution in [-0.2, 0) is 19.0 Å². The fraction of sp³-hybridized carbons (Fsp3) is 0.750. The predicted molar refractivity (Wildman–Crippen MR) is 59.2 cm³/mol. The van der Waals surface area contributed by atoms with Gasteiger partial charge < -0.3 is 19.3 Å². The molecule has 1 saturated heterocycles. The van der Waals surface area contributed by atoms with Gasteiger partial charge in [-0.05, 0) is 26.8 Å². The van der Waals surface area contributed by atoms with Gasteiger partial charge >= 0.3 is 5.97 Å². The number of rotatable bonds is 2. The second kappa shape index (κ2) is 4.40. The van der Waals surface area contributed by atoms with Crippen LogP contribution in [-0.4, -0.2) is 41.8 Å². The first-order valence-electron chi connectivity index (χ1n) is 5.84. The Morgan fingerprint density at radius 2 is 2.29 bits per heavy atom. The number of fused-ring (bicyclic) bond motifs is 1. The van der Waals surface area contributed by atoms with Gasteiger partial charge in [0.1, 0.15) is 12.2 Å². The maximum absolute atomic E-state index is 11.6. The van der Waals surface area contributed by atoms with Gasteiger partial charge in [0.15, 0.2) is 5.79 Å². The molecular formula is C12H18O5. The molecule has 5 heteroatoms. The minimum atomic E-state index is -0.730. The van der Waals surface area contributed by atoms with Crippen molar-refractivity contribution in [3.63, 3.8) is 0 Å². The Kier molecular flexibility index (Phi) is 3.25. The smallest absolute Gasteiger partial charge is 0.333 e. The second-order valence-corrected chi connectivity index (χ2v) is 4.75. The van der Waals surface area contributed by atoms with Gasteiger partial charge in [-0.15, -0.1) is 0 Å². The molecule has 0 saturated carbocycles. The lowest BCUT2D eigenvalue weighted by molar-refractivity contribution is -0.152. The van der Waals surface area contributed by atoms with Crippen molar-refractivity contribution < 1.29 is 24.1 Å². The second-order valence-electron chi connectivity index (χ2n) is 4.75. The topological polar surface area (TPSA) is 65.0 Å². The molecule has 0 aromatic rings. The number of hydrogen-bond acceptors (Lipinski definition) is 5. The summed E-state index contributed by atoms with van der Waals surface area (Å²) in [5, 5.41) is 9.95. The number of aliphatic hydroxyl groups is 1. The fourth-order valence-corrected chi connectivity index (χ4v) is 2.23. The zero-order chi connectivity index (χ0) is 12.6. The molecule has 5 nitrogen and oxygen atoms in total. The molecule has 3 atom stereocenters. The van der Waals surface area contributed by atoms with Crippen molar-refractivity contribution in [3.05, 3.63) is 11.6 Å². The highest BCUT2D eigenvalue weighted by Gasteiger charge is 2.47. The molecule has 0 spiro atoms. The lowest BCUT2D eigenvalue weighted by Gasteiger charge is -2.26. The van der Waals surface area contributed by atoms with Crippen molar-refractivity contribution in [1.82, 2.24) is 0 Å². The van der Waals surface area contributed by atoms with Gasteiger partial charge in [0.25, 0.3) is 0 Å². The van der Waals surface area contributed by atoms with Gasteiger partial charge in [-0.25, -0.2) is 4.79 Å². The highest BCUT2D eigenvalue weighted by molar-refractivity contribution is 5.88. The molecule has 1 N–H and O–H groups in total. The summed E-state index contributed by atoms with van der Waals surface area (Å²) in [5.41, 5.74) is 0.460. The van der Waals surface area contributed by atoms with E-state index in [-0.39, 0.29) is 12.5 Å². The summed E-state index contributed by atoms with van der Waals surface area (Å²) < 4.78 is 16.1. The molecule has 96 valence electrons. The fourth-order valence-electron chi connectivity index (χ4n) is 2.23. The lowest BCUT2D eigenvalue weighted by Crippen LogP contribution is -2.39. The molecule has 0 aromatic carbocycles. The van der Waals surface area contributed by atoms with Crippen LogP contribution in [0.4, 0.5) is 0 Å². The van der Waals surface area contributed by atoms with Gasteiger partial charge in [-0.2, -0.15) is 0 Å². The van der Waals surface area contributed by atoms with Gasteiger partial charge in [0, 0.05) is 12.0 Å². The molecule has 0 amide bonds. The largest absolute Gasteiger partial charge is 0.463 e. The average molecular weight is 243 g/mol. The van der Waals surface area contributed by atoms with Gasteiger partial charge in [-0.1, -0.05) is 0 Å². The zero-order valence-corrected chi connectivity index (χ0v) is 10.3. The van der Waals surface area contributed by atoms with Crippen LogP contribution in [0.2, 0.25) is 0 Å². The van der Waals surface area contributed by atoms with Crippen molar-refractivity contribution in [2.75, 3.05) is 6.61 Å². The average Bonchev–Trinajstić information content (AvgIpc) is 2.53. The van der Waals surface area contributed by atoms with E-state index in [2.05, 4.69) is 0 Å². The highest BCUT2D eigenvalue weighted by atomic mass is 16.8. The quantitative estimate of drug-likeness (QED) is 0.573. The van der Waals surface area contributed by atoms with E-state index in [0.717, 1.165) is 0 Å². The molecule has 1 fully saturated rings. The summed E-state index contributed by atoms with van der Waals surface area (Å²) in [7, 11) is 0. The van der Waals surface area contributed by atoms with Gasteiger partial charge in [0.05, 0.1) is 12.7 Å². The van der Waals surface area contributed by atoms with Gasteiger partial charge in [-0.3, -0.25) is 0 Å². The van der Waals surface area contributed by atoms with Crippen LogP contribution in [0, 0.1) is 0 Å². The minimum absolute atomic E-state index is 0.249.